The fraction of sp³-hybridized carbons (Fsp3) is 1.00. The van der Waals surface area contributed by atoms with Crippen molar-refractivity contribution in [1.82, 2.24) is 4.90 Å². The zero-order valence-corrected chi connectivity index (χ0v) is 6.29. The van der Waals surface area contributed by atoms with E-state index in [1.165, 1.54) is 0 Å². The molecule has 1 aliphatic heterocycles. The number of likely N-dealkylation sites (tertiary alicyclic amines) is 1. The number of hydrogen-bond acceptors (Lipinski definition) is 3. The van der Waals surface area contributed by atoms with Gasteiger partial charge in [0.25, 0.3) is 0 Å². The maximum absolute atomic E-state index is 8.55. The molecule has 1 rings (SSSR count). The van der Waals surface area contributed by atoms with Crippen LogP contribution in [-0.4, -0.2) is 42.8 Å². The van der Waals surface area contributed by atoms with Crippen LogP contribution in [0.3, 0.4) is 0 Å². The van der Waals surface area contributed by atoms with Gasteiger partial charge in [-0.2, -0.15) is 0 Å². The van der Waals surface area contributed by atoms with Crippen LogP contribution in [-0.2, 0) is 0 Å². The van der Waals surface area contributed by atoms with Crippen LogP contribution in [0.2, 0.25) is 0 Å². The average Bonchev–Trinajstić information content (AvgIpc) is 1.84. The van der Waals surface area contributed by atoms with Crippen LogP contribution in [0.15, 0.2) is 0 Å². The van der Waals surface area contributed by atoms with Crippen LogP contribution >= 0.6 is 0 Å². The first-order chi connectivity index (χ1) is 4.86. The minimum absolute atomic E-state index is 0.287. The zero-order valence-electron chi connectivity index (χ0n) is 6.29. The SMILES string of the molecule is NCCC1CN(CCO)C1. The summed E-state index contributed by atoms with van der Waals surface area (Å²) in [6.45, 7) is 4.20. The first kappa shape index (κ1) is 7.98. The Morgan fingerprint density at radius 2 is 2.20 bits per heavy atom. The molecule has 0 amide bonds. The first-order valence-electron chi connectivity index (χ1n) is 3.90. The Bertz CT molecular complexity index is 81.6. The van der Waals surface area contributed by atoms with Gasteiger partial charge in [-0.3, -0.25) is 0 Å². The van der Waals surface area contributed by atoms with E-state index in [-0.39, 0.29) is 6.61 Å². The van der Waals surface area contributed by atoms with Gasteiger partial charge in [0.2, 0.25) is 0 Å². The van der Waals surface area contributed by atoms with Crippen molar-refractivity contribution < 1.29 is 5.11 Å². The van der Waals surface area contributed by atoms with Crippen molar-refractivity contribution in [3.8, 4) is 0 Å². The molecule has 10 heavy (non-hydrogen) atoms. The number of aliphatic hydroxyl groups is 1. The number of nitrogens with two attached hydrogens (primary N) is 1. The van der Waals surface area contributed by atoms with E-state index in [1.807, 2.05) is 0 Å². The van der Waals surface area contributed by atoms with E-state index in [4.69, 9.17) is 10.8 Å². The molecular weight excluding hydrogens is 128 g/mol. The Morgan fingerprint density at radius 1 is 1.50 bits per heavy atom. The molecule has 0 saturated carbocycles. The van der Waals surface area contributed by atoms with Gasteiger partial charge >= 0.3 is 0 Å². The van der Waals surface area contributed by atoms with Crippen molar-refractivity contribution >= 4 is 0 Å². The standard InChI is InChI=1S/C7H16N2O/c8-2-1-7-5-9(6-7)3-4-10/h7,10H,1-6,8H2. The van der Waals surface area contributed by atoms with Gasteiger partial charge in [0.1, 0.15) is 0 Å². The third-order valence-corrected chi connectivity index (χ3v) is 2.02. The van der Waals surface area contributed by atoms with E-state index in [0.717, 1.165) is 38.5 Å². The van der Waals surface area contributed by atoms with Crippen LogP contribution in [0.25, 0.3) is 0 Å². The molecule has 1 aliphatic rings. The largest absolute Gasteiger partial charge is 0.395 e. The van der Waals surface area contributed by atoms with E-state index in [0.29, 0.717) is 0 Å². The summed E-state index contributed by atoms with van der Waals surface area (Å²) in [5.41, 5.74) is 5.39. The maximum Gasteiger partial charge on any atom is 0.0558 e. The highest BCUT2D eigenvalue weighted by atomic mass is 16.3. The summed E-state index contributed by atoms with van der Waals surface area (Å²) in [5, 5.41) is 8.55. The van der Waals surface area contributed by atoms with Crippen molar-refractivity contribution in [3.05, 3.63) is 0 Å². The number of rotatable bonds is 4. The fourth-order valence-electron chi connectivity index (χ4n) is 1.42. The van der Waals surface area contributed by atoms with Crippen LogP contribution in [0, 0.1) is 5.92 Å². The van der Waals surface area contributed by atoms with E-state index < -0.39 is 0 Å². The van der Waals surface area contributed by atoms with E-state index in [9.17, 15) is 0 Å². The van der Waals surface area contributed by atoms with Gasteiger partial charge in [0.15, 0.2) is 0 Å². The number of β-amino-alcohol motifs (C(OH)–C–C–N with tert-alkyl or cyclic N) is 1. The van der Waals surface area contributed by atoms with Gasteiger partial charge < -0.3 is 15.7 Å². The van der Waals surface area contributed by atoms with Crippen molar-refractivity contribution in [2.24, 2.45) is 11.7 Å². The van der Waals surface area contributed by atoms with Crippen molar-refractivity contribution in [2.45, 2.75) is 6.42 Å². The molecule has 0 aromatic carbocycles. The molecule has 1 heterocycles. The molecule has 0 aliphatic carbocycles. The van der Waals surface area contributed by atoms with Crippen molar-refractivity contribution in [3.63, 3.8) is 0 Å². The Morgan fingerprint density at radius 3 is 2.70 bits per heavy atom. The van der Waals surface area contributed by atoms with Crippen LogP contribution in [0.5, 0.6) is 0 Å². The van der Waals surface area contributed by atoms with Crippen molar-refractivity contribution in [2.75, 3.05) is 32.8 Å². The quantitative estimate of drug-likeness (QED) is 0.546. The monoisotopic (exact) mass is 144 g/mol. The highest BCUT2D eigenvalue weighted by Gasteiger charge is 2.24. The van der Waals surface area contributed by atoms with E-state index in [2.05, 4.69) is 4.90 Å². The molecule has 0 atom stereocenters. The molecule has 0 aromatic rings. The molecule has 3 N–H and O–H groups in total. The van der Waals surface area contributed by atoms with Crippen LogP contribution in [0.1, 0.15) is 6.42 Å². The second-order valence-corrected chi connectivity index (χ2v) is 2.93. The first-order valence-corrected chi connectivity index (χ1v) is 3.90. The summed E-state index contributed by atoms with van der Waals surface area (Å²) in [4.78, 5) is 2.25. The van der Waals surface area contributed by atoms with E-state index in [1.54, 1.807) is 0 Å². The molecule has 1 saturated heterocycles. The Labute approximate surface area is 61.8 Å². The molecule has 60 valence electrons. The van der Waals surface area contributed by atoms with Crippen LogP contribution in [0.4, 0.5) is 0 Å². The molecule has 0 aromatic heterocycles. The van der Waals surface area contributed by atoms with Gasteiger partial charge in [-0.1, -0.05) is 0 Å². The lowest BCUT2D eigenvalue weighted by Gasteiger charge is -2.38. The topological polar surface area (TPSA) is 49.5 Å². The summed E-state index contributed by atoms with van der Waals surface area (Å²) >= 11 is 0. The van der Waals surface area contributed by atoms with Crippen LogP contribution < -0.4 is 5.73 Å². The summed E-state index contributed by atoms with van der Waals surface area (Å²) in [7, 11) is 0. The van der Waals surface area contributed by atoms with Gasteiger partial charge in [-0.05, 0) is 18.9 Å². The summed E-state index contributed by atoms with van der Waals surface area (Å²) < 4.78 is 0. The van der Waals surface area contributed by atoms with Gasteiger partial charge in [-0.15, -0.1) is 0 Å². The van der Waals surface area contributed by atoms with Gasteiger partial charge in [-0.25, -0.2) is 0 Å². The predicted octanol–water partition coefficient (Wildman–Crippen LogP) is -0.741. The molecule has 3 heteroatoms. The summed E-state index contributed by atoms with van der Waals surface area (Å²) in [5.74, 6) is 0.802. The molecule has 1 fully saturated rings. The molecule has 0 unspecified atom stereocenters. The third-order valence-electron chi connectivity index (χ3n) is 2.02. The summed E-state index contributed by atoms with van der Waals surface area (Å²) in [6.07, 6.45) is 1.14. The lowest BCUT2D eigenvalue weighted by Crippen LogP contribution is -2.48. The van der Waals surface area contributed by atoms with Gasteiger partial charge in [0, 0.05) is 19.6 Å². The molecular formula is C7H16N2O. The second-order valence-electron chi connectivity index (χ2n) is 2.93. The second kappa shape index (κ2) is 3.91. The van der Waals surface area contributed by atoms with Crippen molar-refractivity contribution in [1.29, 1.82) is 0 Å². The molecule has 3 nitrogen and oxygen atoms in total. The molecule has 0 radical (unpaired) electrons. The predicted molar refractivity (Wildman–Crippen MR) is 40.7 cm³/mol. The number of hydrogen-bond donors (Lipinski definition) is 2. The fourth-order valence-corrected chi connectivity index (χ4v) is 1.42. The summed E-state index contributed by atoms with van der Waals surface area (Å²) in [6, 6.07) is 0. The normalized spacial score (nSPS) is 21.0. The number of nitrogens with zero attached hydrogens (tertiary/aromatic N) is 1. The highest BCUT2D eigenvalue weighted by Crippen LogP contribution is 2.16. The molecule has 0 spiro atoms. The lowest BCUT2D eigenvalue weighted by molar-refractivity contribution is 0.0747. The average molecular weight is 144 g/mol. The Balaban J connectivity index is 1.95. The Hall–Kier alpha value is -0.120. The van der Waals surface area contributed by atoms with E-state index >= 15 is 0 Å². The smallest absolute Gasteiger partial charge is 0.0558 e. The maximum atomic E-state index is 8.55. The minimum atomic E-state index is 0.287. The Kier molecular flexibility index (Phi) is 3.12. The van der Waals surface area contributed by atoms with Gasteiger partial charge in [0.05, 0.1) is 6.61 Å². The minimum Gasteiger partial charge on any atom is -0.395 e. The molecule has 0 bridgehead atoms. The number of aliphatic hydroxyl groups excluding tert-OH is 1. The highest BCUT2D eigenvalue weighted by molar-refractivity contribution is 4.79. The third kappa shape index (κ3) is 1.94. The zero-order chi connectivity index (χ0) is 7.40. The lowest BCUT2D eigenvalue weighted by atomic mass is 9.97.